The van der Waals surface area contributed by atoms with E-state index in [0.29, 0.717) is 31.5 Å². The number of aryl methyl sites for hydroxylation is 2. The van der Waals surface area contributed by atoms with Crippen LogP contribution < -0.4 is 10.6 Å². The summed E-state index contributed by atoms with van der Waals surface area (Å²) in [5.74, 6) is -2.23. The molecule has 2 bridgehead atoms. The lowest BCUT2D eigenvalue weighted by Gasteiger charge is -2.36. The molecule has 3 heterocycles. The van der Waals surface area contributed by atoms with Gasteiger partial charge < -0.3 is 25.4 Å². The van der Waals surface area contributed by atoms with Crippen LogP contribution in [0.3, 0.4) is 0 Å². The van der Waals surface area contributed by atoms with Gasteiger partial charge in [0, 0.05) is 12.2 Å². The first-order chi connectivity index (χ1) is 16.1. The van der Waals surface area contributed by atoms with Crippen LogP contribution in [0.4, 0.5) is 5.69 Å². The highest BCUT2D eigenvalue weighted by molar-refractivity contribution is 6.04. The number of nitrogens with one attached hydrogen (secondary N) is 2. The Bertz CT molecular complexity index is 993. The van der Waals surface area contributed by atoms with Crippen LogP contribution in [0.15, 0.2) is 18.2 Å². The van der Waals surface area contributed by atoms with E-state index < -0.39 is 35.1 Å². The van der Waals surface area contributed by atoms with Crippen molar-refractivity contribution < 1.29 is 24.2 Å². The van der Waals surface area contributed by atoms with E-state index in [1.54, 1.807) is 0 Å². The summed E-state index contributed by atoms with van der Waals surface area (Å²) >= 11 is 0. The summed E-state index contributed by atoms with van der Waals surface area (Å²) in [6.45, 7) is 9.88. The van der Waals surface area contributed by atoms with Gasteiger partial charge in [-0.15, -0.1) is 0 Å². The number of carbonyl (C=O) groups is 3. The fraction of sp³-hybridized carbons (Fsp3) is 0.654. The second-order valence-electron chi connectivity index (χ2n) is 10.3. The van der Waals surface area contributed by atoms with Crippen LogP contribution in [0, 0.1) is 25.7 Å². The first kappa shape index (κ1) is 24.7. The molecule has 3 amide bonds. The Balaban J connectivity index is 1.76. The van der Waals surface area contributed by atoms with Gasteiger partial charge >= 0.3 is 0 Å². The molecule has 2 unspecified atom stereocenters. The molecule has 4 rings (SSSR count). The summed E-state index contributed by atoms with van der Waals surface area (Å²) in [6.07, 6.45) is 2.39. The molecule has 8 heteroatoms. The van der Waals surface area contributed by atoms with Crippen molar-refractivity contribution in [2.75, 3.05) is 18.5 Å². The van der Waals surface area contributed by atoms with Crippen molar-refractivity contribution in [1.29, 1.82) is 0 Å². The Morgan fingerprint density at radius 1 is 1.24 bits per heavy atom. The Hall–Kier alpha value is -2.45. The monoisotopic (exact) mass is 471 g/mol. The van der Waals surface area contributed by atoms with Crippen molar-refractivity contribution >= 4 is 23.4 Å². The fourth-order valence-corrected chi connectivity index (χ4v) is 6.30. The van der Waals surface area contributed by atoms with Gasteiger partial charge in [0.05, 0.1) is 30.1 Å². The molecule has 1 spiro atoms. The van der Waals surface area contributed by atoms with Crippen molar-refractivity contribution in [3.8, 4) is 0 Å². The zero-order valence-electron chi connectivity index (χ0n) is 20.8. The normalized spacial score (nSPS) is 32.6. The largest absolute Gasteiger partial charge is 0.394 e. The van der Waals surface area contributed by atoms with E-state index in [-0.39, 0.29) is 24.3 Å². The van der Waals surface area contributed by atoms with Gasteiger partial charge in [-0.05, 0) is 63.6 Å². The second-order valence-corrected chi connectivity index (χ2v) is 10.3. The maximum Gasteiger partial charge on any atom is 0.250 e. The van der Waals surface area contributed by atoms with Crippen LogP contribution in [-0.4, -0.2) is 64.2 Å². The predicted molar refractivity (Wildman–Crippen MR) is 128 cm³/mol. The van der Waals surface area contributed by atoms with E-state index in [0.717, 1.165) is 17.5 Å². The smallest absolute Gasteiger partial charge is 0.250 e. The topological polar surface area (TPSA) is 108 Å². The number of aliphatic hydroxyl groups is 1. The number of benzene rings is 1. The molecule has 3 saturated heterocycles. The quantitative estimate of drug-likeness (QED) is 0.539. The van der Waals surface area contributed by atoms with Crippen LogP contribution in [0.25, 0.3) is 0 Å². The lowest BCUT2D eigenvalue weighted by Crippen LogP contribution is -2.56. The molecule has 0 saturated carbocycles. The molecule has 8 nitrogen and oxygen atoms in total. The van der Waals surface area contributed by atoms with Crippen molar-refractivity contribution in [1.82, 2.24) is 10.2 Å². The molecule has 3 N–H and O–H groups in total. The standard InChI is InChI=1S/C26H37N3O5/c1-6-12-27-22(31)19-20-24(33)29(17(7-2)14-30)21(26(20)11-10-25(19,5)34-26)23(32)28-18-13-15(3)8-9-16(18)4/h8-9,13,17,19-21,30H,6-7,10-12,14H2,1-5H3,(H,27,31)(H,28,32)/t17-,19+,20-,21?,25-,26?/m0/s1. The van der Waals surface area contributed by atoms with Gasteiger partial charge in [0.15, 0.2) is 0 Å². The van der Waals surface area contributed by atoms with Crippen LogP contribution in [0.2, 0.25) is 0 Å². The van der Waals surface area contributed by atoms with Gasteiger partial charge in [-0.3, -0.25) is 14.4 Å². The van der Waals surface area contributed by atoms with Gasteiger partial charge in [0.1, 0.15) is 11.6 Å². The van der Waals surface area contributed by atoms with Crippen LogP contribution in [0.5, 0.6) is 0 Å². The van der Waals surface area contributed by atoms with Gasteiger partial charge in [-0.2, -0.15) is 0 Å². The number of hydrogen-bond acceptors (Lipinski definition) is 5. The van der Waals surface area contributed by atoms with Crippen molar-refractivity contribution in [2.45, 2.75) is 83.6 Å². The number of likely N-dealkylation sites (tertiary alicyclic amines) is 1. The van der Waals surface area contributed by atoms with E-state index in [4.69, 9.17) is 4.74 Å². The molecule has 3 aliphatic rings. The molecular weight excluding hydrogens is 434 g/mol. The number of hydrogen-bond donors (Lipinski definition) is 3. The lowest BCUT2D eigenvalue weighted by molar-refractivity contribution is -0.148. The van der Waals surface area contributed by atoms with E-state index in [9.17, 15) is 19.5 Å². The van der Waals surface area contributed by atoms with Crippen molar-refractivity contribution in [3.05, 3.63) is 29.3 Å². The Kier molecular flexibility index (Phi) is 6.50. The molecule has 3 aliphatic heterocycles. The summed E-state index contributed by atoms with van der Waals surface area (Å²) < 4.78 is 6.58. The van der Waals surface area contributed by atoms with Gasteiger partial charge in [0.25, 0.3) is 0 Å². The van der Waals surface area contributed by atoms with E-state index in [1.807, 2.05) is 52.8 Å². The predicted octanol–water partition coefficient (Wildman–Crippen LogP) is 2.30. The highest BCUT2D eigenvalue weighted by Crippen LogP contribution is 2.63. The first-order valence-electron chi connectivity index (χ1n) is 12.4. The maximum atomic E-state index is 13.9. The Morgan fingerprint density at radius 2 is 1.97 bits per heavy atom. The molecule has 1 aromatic carbocycles. The van der Waals surface area contributed by atoms with Gasteiger partial charge in [0.2, 0.25) is 17.7 Å². The van der Waals surface area contributed by atoms with Crippen LogP contribution in [-0.2, 0) is 19.1 Å². The maximum absolute atomic E-state index is 13.9. The van der Waals surface area contributed by atoms with Crippen molar-refractivity contribution in [2.24, 2.45) is 11.8 Å². The second kappa shape index (κ2) is 8.96. The van der Waals surface area contributed by atoms with E-state index >= 15 is 0 Å². The minimum atomic E-state index is -1.09. The minimum Gasteiger partial charge on any atom is -0.394 e. The average Bonchev–Trinajstić information content (AvgIpc) is 3.37. The molecule has 0 aromatic heterocycles. The molecule has 34 heavy (non-hydrogen) atoms. The minimum absolute atomic E-state index is 0.197. The fourth-order valence-electron chi connectivity index (χ4n) is 6.30. The number of amides is 3. The molecule has 186 valence electrons. The Labute approximate surface area is 201 Å². The summed E-state index contributed by atoms with van der Waals surface area (Å²) in [5, 5.41) is 16.1. The molecule has 3 fully saturated rings. The lowest BCUT2D eigenvalue weighted by atomic mass is 9.66. The number of carbonyl (C=O) groups excluding carboxylic acids is 3. The summed E-state index contributed by atoms with van der Waals surface area (Å²) in [5.41, 5.74) is 0.716. The molecule has 0 aliphatic carbocycles. The summed E-state index contributed by atoms with van der Waals surface area (Å²) in [6, 6.07) is 4.37. The zero-order chi connectivity index (χ0) is 24.8. The number of nitrogens with zero attached hydrogens (tertiary/aromatic N) is 1. The molecule has 1 aromatic rings. The number of aliphatic hydroxyl groups excluding tert-OH is 1. The average molecular weight is 472 g/mol. The van der Waals surface area contributed by atoms with Gasteiger partial charge in [-0.25, -0.2) is 0 Å². The van der Waals surface area contributed by atoms with E-state index in [2.05, 4.69) is 10.6 Å². The zero-order valence-corrected chi connectivity index (χ0v) is 20.8. The number of rotatable bonds is 8. The summed E-state index contributed by atoms with van der Waals surface area (Å²) in [7, 11) is 0. The first-order valence-corrected chi connectivity index (χ1v) is 12.4. The summed E-state index contributed by atoms with van der Waals surface area (Å²) in [4.78, 5) is 42.6. The molecular formula is C26H37N3O5. The third-order valence-corrected chi connectivity index (χ3v) is 8.02. The molecule has 6 atom stereocenters. The SMILES string of the molecule is CCCNC(=O)[C@H]1[C@H]2C(=O)N([C@@H](CC)CO)C(C(=O)Nc3cc(C)ccc3C)C23CC[C@]1(C)O3. The highest BCUT2D eigenvalue weighted by Gasteiger charge is 2.78. The van der Waals surface area contributed by atoms with Crippen LogP contribution >= 0.6 is 0 Å². The van der Waals surface area contributed by atoms with Crippen molar-refractivity contribution in [3.63, 3.8) is 0 Å². The number of anilines is 1. The third kappa shape index (κ3) is 3.62. The van der Waals surface area contributed by atoms with Crippen LogP contribution in [0.1, 0.15) is 57.6 Å². The third-order valence-electron chi connectivity index (χ3n) is 8.02. The van der Waals surface area contributed by atoms with Gasteiger partial charge in [-0.1, -0.05) is 26.0 Å². The van der Waals surface area contributed by atoms with E-state index in [1.165, 1.54) is 4.90 Å². The highest BCUT2D eigenvalue weighted by atomic mass is 16.5. The Morgan fingerprint density at radius 3 is 2.62 bits per heavy atom. The molecule has 0 radical (unpaired) electrons. The number of ether oxygens (including phenoxy) is 1. The number of fused-ring (bicyclic) bond motifs is 1.